The van der Waals surface area contributed by atoms with Crippen LogP contribution in [0.4, 0.5) is 5.69 Å². The quantitative estimate of drug-likeness (QED) is 0.636. The molecule has 1 heterocycles. The van der Waals surface area contributed by atoms with Crippen LogP contribution in [0.5, 0.6) is 5.75 Å². The number of nitro benzene ring substituents is 1. The molecule has 0 saturated carbocycles. The number of nitro groups is 1. The Morgan fingerprint density at radius 1 is 1.42 bits per heavy atom. The van der Waals surface area contributed by atoms with Gasteiger partial charge in [0.25, 0.3) is 0 Å². The molecule has 2 aromatic rings. The van der Waals surface area contributed by atoms with Crippen LogP contribution in [-0.4, -0.2) is 9.91 Å². The van der Waals surface area contributed by atoms with Crippen molar-refractivity contribution in [3.63, 3.8) is 0 Å². The van der Waals surface area contributed by atoms with Crippen LogP contribution in [0.3, 0.4) is 0 Å². The summed E-state index contributed by atoms with van der Waals surface area (Å²) >= 11 is 3.31. The predicted octanol–water partition coefficient (Wildman–Crippen LogP) is 3.64. The minimum Gasteiger partial charge on any atom is -0.482 e. The summed E-state index contributed by atoms with van der Waals surface area (Å²) < 4.78 is 6.36. The molecule has 0 spiro atoms. The zero-order valence-electron chi connectivity index (χ0n) is 10.2. The van der Waals surface area contributed by atoms with Crippen molar-refractivity contribution in [3.8, 4) is 5.75 Å². The molecule has 0 N–H and O–H groups in total. The highest BCUT2D eigenvalue weighted by Gasteiger charge is 2.18. The molecular weight excluding hydrogens is 312 g/mol. The van der Waals surface area contributed by atoms with E-state index in [1.807, 2.05) is 6.07 Å². The number of nitrogens with zero attached hydrogens (tertiary/aromatic N) is 2. The van der Waals surface area contributed by atoms with Gasteiger partial charge in [0.2, 0.25) is 0 Å². The van der Waals surface area contributed by atoms with E-state index in [9.17, 15) is 10.1 Å². The van der Waals surface area contributed by atoms with Gasteiger partial charge in [-0.1, -0.05) is 12.1 Å². The predicted molar refractivity (Wildman–Crippen MR) is 74.1 cm³/mol. The van der Waals surface area contributed by atoms with Gasteiger partial charge in [0.1, 0.15) is 6.61 Å². The molecule has 6 heteroatoms. The lowest BCUT2D eigenvalue weighted by molar-refractivity contribution is -0.386. The average Bonchev–Trinajstić information content (AvgIpc) is 2.36. The molecule has 19 heavy (non-hydrogen) atoms. The molecule has 0 atom stereocenters. The summed E-state index contributed by atoms with van der Waals surface area (Å²) in [5.41, 5.74) is 1.42. The van der Waals surface area contributed by atoms with Gasteiger partial charge < -0.3 is 4.74 Å². The summed E-state index contributed by atoms with van der Waals surface area (Å²) in [7, 11) is 0. The van der Waals surface area contributed by atoms with E-state index < -0.39 is 4.92 Å². The van der Waals surface area contributed by atoms with Crippen molar-refractivity contribution in [2.24, 2.45) is 0 Å². The molecule has 0 unspecified atom stereocenters. The van der Waals surface area contributed by atoms with Crippen LogP contribution in [0.25, 0.3) is 0 Å². The van der Waals surface area contributed by atoms with Crippen molar-refractivity contribution < 1.29 is 9.66 Å². The Hall–Kier alpha value is -1.95. The lowest BCUT2D eigenvalue weighted by atomic mass is 10.2. The monoisotopic (exact) mass is 322 g/mol. The number of halogens is 1. The second-order valence-corrected chi connectivity index (χ2v) is 4.89. The van der Waals surface area contributed by atoms with Gasteiger partial charge in [-0.05, 0) is 35.0 Å². The Morgan fingerprint density at radius 3 is 2.89 bits per heavy atom. The zero-order valence-corrected chi connectivity index (χ0v) is 11.8. The Morgan fingerprint density at radius 2 is 2.21 bits per heavy atom. The number of para-hydroxylation sites is 1. The summed E-state index contributed by atoms with van der Waals surface area (Å²) in [6.45, 7) is 1.92. The fourth-order valence-corrected chi connectivity index (χ4v) is 2.09. The average molecular weight is 323 g/mol. The Balaban J connectivity index is 2.20. The largest absolute Gasteiger partial charge is 0.482 e. The number of pyridine rings is 1. The van der Waals surface area contributed by atoms with Gasteiger partial charge in [0.15, 0.2) is 5.75 Å². The highest BCUT2D eigenvalue weighted by atomic mass is 79.9. The molecule has 0 aliphatic rings. The normalized spacial score (nSPS) is 10.2. The van der Waals surface area contributed by atoms with Crippen molar-refractivity contribution in [2.45, 2.75) is 13.5 Å². The van der Waals surface area contributed by atoms with Crippen molar-refractivity contribution in [1.82, 2.24) is 4.98 Å². The summed E-state index contributed by atoms with van der Waals surface area (Å²) in [6, 6.07) is 6.87. The topological polar surface area (TPSA) is 65.3 Å². The van der Waals surface area contributed by atoms with E-state index in [0.29, 0.717) is 5.56 Å². The van der Waals surface area contributed by atoms with Crippen LogP contribution < -0.4 is 4.74 Å². The molecule has 98 valence electrons. The van der Waals surface area contributed by atoms with E-state index in [0.717, 1.165) is 10.0 Å². The molecule has 5 nitrogen and oxygen atoms in total. The van der Waals surface area contributed by atoms with Crippen LogP contribution in [0, 0.1) is 17.0 Å². The maximum Gasteiger partial charge on any atom is 0.313 e. The number of aromatic nitrogens is 1. The minimum atomic E-state index is -0.427. The molecule has 0 aliphatic carbocycles. The summed E-state index contributed by atoms with van der Waals surface area (Å²) in [4.78, 5) is 14.6. The Bertz CT molecular complexity index is 617. The van der Waals surface area contributed by atoms with E-state index in [2.05, 4.69) is 20.9 Å². The van der Waals surface area contributed by atoms with Gasteiger partial charge in [-0.15, -0.1) is 0 Å². The maximum atomic E-state index is 11.0. The van der Waals surface area contributed by atoms with Crippen LogP contribution in [0.2, 0.25) is 0 Å². The number of aryl methyl sites for hydroxylation is 1. The van der Waals surface area contributed by atoms with E-state index in [1.165, 1.54) is 0 Å². The molecule has 0 fully saturated rings. The first kappa shape index (κ1) is 13.5. The highest BCUT2D eigenvalue weighted by Crippen LogP contribution is 2.30. The van der Waals surface area contributed by atoms with Crippen LogP contribution in [0.1, 0.15) is 11.1 Å². The number of hydrogen-bond acceptors (Lipinski definition) is 4. The lowest BCUT2D eigenvalue weighted by Crippen LogP contribution is -2.00. The second-order valence-electron chi connectivity index (χ2n) is 3.98. The van der Waals surface area contributed by atoms with Crippen molar-refractivity contribution >= 4 is 21.6 Å². The molecular formula is C13H11BrN2O3. The van der Waals surface area contributed by atoms with Crippen LogP contribution >= 0.6 is 15.9 Å². The fourth-order valence-electron chi connectivity index (χ4n) is 1.68. The molecule has 0 aliphatic heterocycles. The van der Waals surface area contributed by atoms with E-state index in [-0.39, 0.29) is 18.0 Å². The van der Waals surface area contributed by atoms with Gasteiger partial charge in [0, 0.05) is 28.0 Å². The fraction of sp³-hybridized carbons (Fsp3) is 0.154. The number of benzene rings is 1. The van der Waals surface area contributed by atoms with Gasteiger partial charge in [-0.25, -0.2) is 0 Å². The molecule has 0 saturated heterocycles. The first-order valence-electron chi connectivity index (χ1n) is 5.54. The third kappa shape index (κ3) is 3.29. The van der Waals surface area contributed by atoms with Crippen LogP contribution in [0.15, 0.2) is 41.1 Å². The standard InChI is InChI=1S/C13H11BrN2O3/c1-9-3-2-4-12(13(9)16(17)18)19-8-10-5-11(14)7-15-6-10/h2-7H,8H2,1H3. The van der Waals surface area contributed by atoms with Crippen molar-refractivity contribution in [2.75, 3.05) is 0 Å². The third-order valence-corrected chi connectivity index (χ3v) is 2.97. The van der Waals surface area contributed by atoms with Gasteiger partial charge in [0.05, 0.1) is 4.92 Å². The number of rotatable bonds is 4. The first-order chi connectivity index (χ1) is 9.08. The number of hydrogen-bond donors (Lipinski definition) is 0. The van der Waals surface area contributed by atoms with Crippen molar-refractivity contribution in [3.05, 3.63) is 62.4 Å². The number of ether oxygens (including phenoxy) is 1. The zero-order chi connectivity index (χ0) is 13.8. The van der Waals surface area contributed by atoms with Gasteiger partial charge in [-0.2, -0.15) is 0 Å². The lowest BCUT2D eigenvalue weighted by Gasteiger charge is -2.08. The minimum absolute atomic E-state index is 0.00505. The maximum absolute atomic E-state index is 11.0. The molecule has 2 rings (SSSR count). The van der Waals surface area contributed by atoms with E-state index in [4.69, 9.17) is 4.74 Å². The third-order valence-electron chi connectivity index (χ3n) is 2.54. The van der Waals surface area contributed by atoms with Crippen LogP contribution in [-0.2, 0) is 6.61 Å². The van der Waals surface area contributed by atoms with Crippen molar-refractivity contribution in [1.29, 1.82) is 0 Å². The Labute approximate surface area is 118 Å². The molecule has 0 bridgehead atoms. The molecule has 0 amide bonds. The van der Waals surface area contributed by atoms with Gasteiger partial charge >= 0.3 is 5.69 Å². The second kappa shape index (κ2) is 5.79. The van der Waals surface area contributed by atoms with E-state index >= 15 is 0 Å². The SMILES string of the molecule is Cc1cccc(OCc2cncc(Br)c2)c1[N+](=O)[O-]. The summed E-state index contributed by atoms with van der Waals surface area (Å²) in [6.07, 6.45) is 3.32. The molecule has 1 aromatic heterocycles. The highest BCUT2D eigenvalue weighted by molar-refractivity contribution is 9.10. The van der Waals surface area contributed by atoms with E-state index in [1.54, 1.807) is 37.5 Å². The molecule has 1 aromatic carbocycles. The Kier molecular flexibility index (Phi) is 4.11. The smallest absolute Gasteiger partial charge is 0.313 e. The van der Waals surface area contributed by atoms with Gasteiger partial charge in [-0.3, -0.25) is 15.1 Å². The molecule has 0 radical (unpaired) electrons. The summed E-state index contributed by atoms with van der Waals surface area (Å²) in [5.74, 6) is 0.268. The first-order valence-corrected chi connectivity index (χ1v) is 6.33. The summed E-state index contributed by atoms with van der Waals surface area (Å²) in [5, 5.41) is 11.0.